The van der Waals surface area contributed by atoms with Crippen molar-refractivity contribution < 1.29 is 21.1 Å². The summed E-state index contributed by atoms with van der Waals surface area (Å²) < 4.78 is 0. The molecule has 0 aromatic heterocycles. The molecule has 0 aliphatic heterocycles. The molecule has 0 spiro atoms. The molecule has 18 heavy (non-hydrogen) atoms. The predicted octanol–water partition coefficient (Wildman–Crippen LogP) is 3.38. The molecule has 0 nitrogen and oxygen atoms in total. The Kier molecular flexibility index (Phi) is 37.1. The first-order valence-corrected chi connectivity index (χ1v) is 6.19. The van der Waals surface area contributed by atoms with Crippen LogP contribution in [-0.2, 0) is 21.1 Å². The van der Waals surface area contributed by atoms with Crippen LogP contribution in [0.2, 0.25) is 0 Å². The summed E-state index contributed by atoms with van der Waals surface area (Å²) >= 11 is 0. The Balaban J connectivity index is -0.0000000513. The smallest absolute Gasteiger partial charge is 0 e. The van der Waals surface area contributed by atoms with E-state index in [4.69, 9.17) is 0 Å². The zero-order valence-electron chi connectivity index (χ0n) is 12.1. The minimum absolute atomic E-state index is 0. The van der Waals surface area contributed by atoms with Gasteiger partial charge in [-0.15, -0.1) is 6.42 Å². The van der Waals surface area contributed by atoms with E-state index in [1.54, 1.807) is 0 Å². The van der Waals surface area contributed by atoms with Gasteiger partial charge in [-0.05, 0) is 0 Å². The van der Waals surface area contributed by atoms with Crippen LogP contribution < -0.4 is 5.19 Å². The van der Waals surface area contributed by atoms with Crippen LogP contribution in [0.25, 0.3) is 0 Å². The van der Waals surface area contributed by atoms with Crippen molar-refractivity contribution in [3.8, 4) is 0 Å². The van der Waals surface area contributed by atoms with Crippen LogP contribution in [0.4, 0.5) is 0 Å². The van der Waals surface area contributed by atoms with E-state index in [0.717, 1.165) is 6.42 Å². The summed E-state index contributed by atoms with van der Waals surface area (Å²) in [6.07, 6.45) is 10.0. The summed E-state index contributed by atoms with van der Waals surface area (Å²) in [5.74, 6) is 0. The molecular weight excluding hydrogens is 415 g/mol. The van der Waals surface area contributed by atoms with Crippen molar-refractivity contribution in [2.24, 2.45) is 0 Å². The molecule has 0 heterocycles. The van der Waals surface area contributed by atoms with E-state index >= 15 is 0 Å². The monoisotopic (exact) mass is 441 g/mol. The zero-order valence-corrected chi connectivity index (χ0v) is 15.7. The van der Waals surface area contributed by atoms with Crippen molar-refractivity contribution in [2.75, 3.05) is 0 Å². The Morgan fingerprint density at radius 2 is 1.56 bits per heavy atom. The fourth-order valence-corrected chi connectivity index (χ4v) is 1.59. The second-order valence-corrected chi connectivity index (χ2v) is 4.06. The molecule has 0 saturated carbocycles. The van der Waals surface area contributed by atoms with E-state index in [-0.39, 0.29) is 60.3 Å². The number of rotatable bonds is 1. The molecular formula is C16H26PtSi-6. The van der Waals surface area contributed by atoms with Crippen LogP contribution in [0, 0.1) is 42.3 Å². The zero-order chi connectivity index (χ0) is 9.36. The Bertz CT molecular complexity index is 268. The molecule has 0 radical (unpaired) electrons. The maximum Gasteiger partial charge on any atom is 0 e. The van der Waals surface area contributed by atoms with Gasteiger partial charge in [0.05, 0.1) is 0 Å². The van der Waals surface area contributed by atoms with Gasteiger partial charge in [-0.2, -0.15) is 6.08 Å². The molecule has 2 heteroatoms. The van der Waals surface area contributed by atoms with Gasteiger partial charge >= 0.3 is 0 Å². The van der Waals surface area contributed by atoms with Crippen molar-refractivity contribution in [2.45, 2.75) is 6.42 Å². The van der Waals surface area contributed by atoms with Crippen molar-refractivity contribution >= 4 is 14.7 Å². The number of benzene rings is 1. The van der Waals surface area contributed by atoms with Crippen molar-refractivity contribution in [1.82, 2.24) is 0 Å². The Labute approximate surface area is 133 Å². The summed E-state index contributed by atoms with van der Waals surface area (Å²) in [5, 5.41) is 1.44. The van der Waals surface area contributed by atoms with Gasteiger partial charge in [-0.3, -0.25) is 6.08 Å². The second kappa shape index (κ2) is 21.8. The van der Waals surface area contributed by atoms with E-state index in [1.807, 2.05) is 18.2 Å². The van der Waals surface area contributed by atoms with Gasteiger partial charge < -0.3 is 36.3 Å². The number of hydrogen-bond donors (Lipinski definition) is 0. The third-order valence-electron chi connectivity index (χ3n) is 1.72. The Hall–Kier alpha value is -0.395. The fraction of sp³-hybridized carbons (Fsp3) is 0.0625. The van der Waals surface area contributed by atoms with Crippen molar-refractivity contribution in [3.63, 3.8) is 0 Å². The maximum atomic E-state index is 3.89. The Morgan fingerprint density at radius 1 is 1.00 bits per heavy atom. The van der Waals surface area contributed by atoms with Gasteiger partial charge in [0.1, 0.15) is 0 Å². The molecule has 1 aliphatic carbocycles. The molecule has 1 aromatic carbocycles. The molecule has 2 rings (SSSR count). The van der Waals surface area contributed by atoms with Gasteiger partial charge in [-0.1, -0.05) is 45.0 Å². The Morgan fingerprint density at radius 3 is 1.78 bits per heavy atom. The van der Waals surface area contributed by atoms with Gasteiger partial charge in [0.15, 0.2) is 0 Å². The van der Waals surface area contributed by atoms with Crippen LogP contribution in [0.3, 0.4) is 0 Å². The summed E-state index contributed by atoms with van der Waals surface area (Å²) in [5.41, 5.74) is 0. The van der Waals surface area contributed by atoms with Gasteiger partial charge in [0, 0.05) is 21.1 Å². The molecule has 0 fully saturated rings. The topological polar surface area (TPSA) is 0 Å². The summed E-state index contributed by atoms with van der Waals surface area (Å²) in [4.78, 5) is 0. The molecule has 0 N–H and O–H groups in total. The minimum atomic E-state index is -0.159. The molecule has 1 aliphatic rings. The minimum Gasteiger partial charge on any atom is -0.358 e. The van der Waals surface area contributed by atoms with E-state index in [9.17, 15) is 0 Å². The summed E-state index contributed by atoms with van der Waals surface area (Å²) in [6.45, 7) is 3.89. The average molecular weight is 442 g/mol. The van der Waals surface area contributed by atoms with Crippen LogP contribution in [0.15, 0.2) is 48.6 Å². The molecule has 1 aromatic rings. The predicted molar refractivity (Wildman–Crippen MR) is 87.2 cm³/mol. The van der Waals surface area contributed by atoms with Crippen LogP contribution in [0.1, 0.15) is 6.42 Å². The molecule has 0 atom stereocenters. The third-order valence-corrected chi connectivity index (χ3v) is 2.77. The summed E-state index contributed by atoms with van der Waals surface area (Å²) in [7, 11) is -0.159. The van der Waals surface area contributed by atoms with E-state index in [2.05, 4.69) is 43.0 Å². The fourth-order valence-electron chi connectivity index (χ4n) is 0.985. The second-order valence-electron chi connectivity index (χ2n) is 2.74. The first-order chi connectivity index (χ1) is 6.43. The van der Waals surface area contributed by atoms with Gasteiger partial charge in [0.25, 0.3) is 0 Å². The normalized spacial score (nSPS) is 9.61. The molecule has 0 bridgehead atoms. The van der Waals surface area contributed by atoms with Gasteiger partial charge in [-0.25, -0.2) is 12.2 Å². The maximum absolute atomic E-state index is 3.89. The van der Waals surface area contributed by atoms with Crippen LogP contribution in [0.5, 0.6) is 0 Å². The third kappa shape index (κ3) is 15.6. The van der Waals surface area contributed by atoms with Crippen LogP contribution >= 0.6 is 0 Å². The van der Waals surface area contributed by atoms with Crippen molar-refractivity contribution in [3.05, 3.63) is 90.9 Å². The molecule has 0 unspecified atom stereocenters. The molecule has 0 amide bonds. The average Bonchev–Trinajstić information content (AvgIpc) is 2.77. The molecule has 110 valence electrons. The number of hydrogen-bond acceptors (Lipinski definition) is 0. The van der Waals surface area contributed by atoms with Crippen molar-refractivity contribution in [1.29, 1.82) is 0 Å². The first kappa shape index (κ1) is 30.6. The van der Waals surface area contributed by atoms with E-state index in [1.165, 1.54) is 5.19 Å². The SMILES string of the molecule is [C-]1=CC=CC1.[CH2-][SiH2]c1ccccc1.[CH3-].[CH3-].[CH3-].[CH3-].[Pt]. The quantitative estimate of drug-likeness (QED) is 0.463. The first-order valence-electron chi connectivity index (χ1n) is 4.48. The van der Waals surface area contributed by atoms with Gasteiger partial charge in [0.2, 0.25) is 0 Å². The summed E-state index contributed by atoms with van der Waals surface area (Å²) in [6, 6.07) is 10.4. The molecule has 0 saturated heterocycles. The number of allylic oxidation sites excluding steroid dienone is 4. The van der Waals surface area contributed by atoms with Crippen LogP contribution in [-0.4, -0.2) is 9.52 Å². The standard InChI is InChI=1S/C7H9Si.C5H5.4CH3.Pt/c1-8-7-5-3-2-4-6-7;1-2-4-5-3-1;;;;;/h2-6H,1,8H2;1-3H,4H2;4*1H3;/q6*-1;. The van der Waals surface area contributed by atoms with E-state index in [0.29, 0.717) is 0 Å². The largest absolute Gasteiger partial charge is 0.358 e. The van der Waals surface area contributed by atoms with E-state index < -0.39 is 0 Å².